The van der Waals surface area contributed by atoms with Crippen LogP contribution >= 0.6 is 11.3 Å². The van der Waals surface area contributed by atoms with Gasteiger partial charge in [-0.1, -0.05) is 0 Å². The van der Waals surface area contributed by atoms with Crippen LogP contribution in [0.4, 0.5) is 0 Å². The Balaban J connectivity index is 2.05. The van der Waals surface area contributed by atoms with E-state index in [1.165, 1.54) is 11.3 Å². The molecule has 1 atom stereocenters. The summed E-state index contributed by atoms with van der Waals surface area (Å²) in [5, 5.41) is 1.07. The molecule has 0 fully saturated rings. The molecule has 1 unspecified atom stereocenters. The van der Waals surface area contributed by atoms with Gasteiger partial charge in [-0.15, -0.1) is 11.3 Å². The summed E-state index contributed by atoms with van der Waals surface area (Å²) < 4.78 is 0. The van der Waals surface area contributed by atoms with E-state index in [1.54, 1.807) is 23.7 Å². The summed E-state index contributed by atoms with van der Waals surface area (Å²) in [4.78, 5) is 10.1. The minimum atomic E-state index is 0.135. The molecule has 0 saturated heterocycles. The minimum Gasteiger partial charge on any atom is -0.323 e. The van der Waals surface area contributed by atoms with Gasteiger partial charge in [0.15, 0.2) is 0 Å². The summed E-state index contributed by atoms with van der Waals surface area (Å²) in [6, 6.07) is 4.13. The number of aromatic nitrogens is 2. The van der Waals surface area contributed by atoms with Crippen molar-refractivity contribution in [2.75, 3.05) is 0 Å². The molecule has 0 aliphatic heterocycles. The van der Waals surface area contributed by atoms with Gasteiger partial charge in [-0.05, 0) is 31.4 Å². The smallest absolute Gasteiger partial charge is 0.124 e. The number of fused-ring (bicyclic) bond motifs is 1. The van der Waals surface area contributed by atoms with Gasteiger partial charge in [-0.25, -0.2) is 4.98 Å². The van der Waals surface area contributed by atoms with E-state index < -0.39 is 0 Å². The maximum Gasteiger partial charge on any atom is 0.124 e. The van der Waals surface area contributed by atoms with E-state index >= 15 is 0 Å². The molecule has 0 saturated carbocycles. The van der Waals surface area contributed by atoms with Gasteiger partial charge in [0.2, 0.25) is 0 Å². The molecule has 16 heavy (non-hydrogen) atoms. The third-order valence-corrected chi connectivity index (χ3v) is 4.11. The first kappa shape index (κ1) is 9.93. The van der Waals surface area contributed by atoms with Gasteiger partial charge < -0.3 is 5.73 Å². The highest BCUT2D eigenvalue weighted by Crippen LogP contribution is 2.35. The molecular formula is C12H13N3S. The Morgan fingerprint density at radius 1 is 1.31 bits per heavy atom. The summed E-state index contributed by atoms with van der Waals surface area (Å²) in [6.45, 7) is 0. The van der Waals surface area contributed by atoms with Gasteiger partial charge in [0.05, 0.1) is 5.69 Å². The van der Waals surface area contributed by atoms with Gasteiger partial charge in [-0.3, -0.25) is 4.98 Å². The summed E-state index contributed by atoms with van der Waals surface area (Å²) >= 11 is 1.77. The molecule has 2 N–H and O–H groups in total. The first-order valence-electron chi connectivity index (χ1n) is 5.50. The minimum absolute atomic E-state index is 0.135. The van der Waals surface area contributed by atoms with Crippen LogP contribution in [0.5, 0.6) is 0 Å². The second kappa shape index (κ2) is 3.96. The lowest BCUT2D eigenvalue weighted by atomic mass is 9.99. The Morgan fingerprint density at radius 3 is 2.88 bits per heavy atom. The number of nitrogens with zero attached hydrogens (tertiary/aromatic N) is 2. The number of rotatable bonds is 1. The van der Waals surface area contributed by atoms with E-state index in [-0.39, 0.29) is 6.04 Å². The van der Waals surface area contributed by atoms with Crippen LogP contribution in [0.15, 0.2) is 24.5 Å². The summed E-state index contributed by atoms with van der Waals surface area (Å²) in [7, 11) is 0. The zero-order chi connectivity index (χ0) is 11.0. The van der Waals surface area contributed by atoms with Crippen molar-refractivity contribution in [1.29, 1.82) is 0 Å². The third kappa shape index (κ3) is 1.64. The number of hydrogen-bond acceptors (Lipinski definition) is 4. The van der Waals surface area contributed by atoms with Crippen LogP contribution < -0.4 is 5.73 Å². The summed E-state index contributed by atoms with van der Waals surface area (Å²) in [5.74, 6) is 0. The number of pyridine rings is 1. The molecule has 3 nitrogen and oxygen atoms in total. The first-order valence-corrected chi connectivity index (χ1v) is 6.32. The lowest BCUT2D eigenvalue weighted by Gasteiger charge is -2.15. The normalized spacial score (nSPS) is 19.4. The van der Waals surface area contributed by atoms with E-state index in [1.807, 2.05) is 12.1 Å². The molecular weight excluding hydrogens is 218 g/mol. The Hall–Kier alpha value is -1.26. The molecule has 2 aromatic heterocycles. The second-order valence-corrected chi connectivity index (χ2v) is 5.15. The van der Waals surface area contributed by atoms with E-state index in [0.29, 0.717) is 0 Å². The Kier molecular flexibility index (Phi) is 2.46. The highest BCUT2D eigenvalue weighted by molar-refractivity contribution is 7.15. The van der Waals surface area contributed by atoms with E-state index in [2.05, 4.69) is 9.97 Å². The van der Waals surface area contributed by atoms with Crippen LogP contribution in [0, 0.1) is 0 Å². The van der Waals surface area contributed by atoms with Crippen molar-refractivity contribution in [3.8, 4) is 10.6 Å². The standard InChI is InChI=1S/C12H13N3S/c13-9-2-1-3-10-11(9)15-12(16-10)8-4-6-14-7-5-8/h4-7,9H,1-3,13H2. The van der Waals surface area contributed by atoms with Crippen molar-refractivity contribution in [3.63, 3.8) is 0 Å². The maximum absolute atomic E-state index is 6.07. The predicted octanol–water partition coefficient (Wildman–Crippen LogP) is 2.54. The highest BCUT2D eigenvalue weighted by Gasteiger charge is 2.21. The highest BCUT2D eigenvalue weighted by atomic mass is 32.1. The van der Waals surface area contributed by atoms with Crippen LogP contribution in [0.3, 0.4) is 0 Å². The van der Waals surface area contributed by atoms with Crippen molar-refractivity contribution in [2.45, 2.75) is 25.3 Å². The molecule has 0 aromatic carbocycles. The van der Waals surface area contributed by atoms with E-state index in [0.717, 1.165) is 29.1 Å². The molecule has 0 bridgehead atoms. The number of aryl methyl sites for hydroxylation is 1. The first-order chi connectivity index (χ1) is 7.84. The van der Waals surface area contributed by atoms with Crippen LogP contribution in [-0.2, 0) is 6.42 Å². The molecule has 82 valence electrons. The average molecular weight is 231 g/mol. The van der Waals surface area contributed by atoms with Gasteiger partial charge in [0, 0.05) is 28.9 Å². The predicted molar refractivity (Wildman–Crippen MR) is 65.2 cm³/mol. The van der Waals surface area contributed by atoms with E-state index in [4.69, 9.17) is 5.73 Å². The zero-order valence-corrected chi connectivity index (χ0v) is 9.70. The molecule has 0 amide bonds. The van der Waals surface area contributed by atoms with Gasteiger partial charge in [0.1, 0.15) is 5.01 Å². The van der Waals surface area contributed by atoms with Gasteiger partial charge >= 0.3 is 0 Å². The zero-order valence-electron chi connectivity index (χ0n) is 8.89. The number of hydrogen-bond donors (Lipinski definition) is 1. The molecule has 0 spiro atoms. The molecule has 0 radical (unpaired) electrons. The van der Waals surface area contributed by atoms with Crippen molar-refractivity contribution in [2.24, 2.45) is 5.73 Å². The van der Waals surface area contributed by atoms with Crippen molar-refractivity contribution >= 4 is 11.3 Å². The SMILES string of the molecule is NC1CCCc2sc(-c3ccncc3)nc21. The van der Waals surface area contributed by atoms with Gasteiger partial charge in [-0.2, -0.15) is 0 Å². The van der Waals surface area contributed by atoms with Crippen LogP contribution in [-0.4, -0.2) is 9.97 Å². The monoisotopic (exact) mass is 231 g/mol. The quantitative estimate of drug-likeness (QED) is 0.820. The third-order valence-electron chi connectivity index (χ3n) is 2.93. The second-order valence-electron chi connectivity index (χ2n) is 4.06. The topological polar surface area (TPSA) is 51.8 Å². The van der Waals surface area contributed by atoms with Crippen molar-refractivity contribution in [3.05, 3.63) is 35.1 Å². The Morgan fingerprint density at radius 2 is 2.12 bits per heavy atom. The fourth-order valence-corrected chi connectivity index (χ4v) is 3.25. The van der Waals surface area contributed by atoms with Crippen LogP contribution in [0.25, 0.3) is 10.6 Å². The molecule has 3 rings (SSSR count). The molecule has 4 heteroatoms. The molecule has 2 aromatic rings. The van der Waals surface area contributed by atoms with Crippen molar-refractivity contribution in [1.82, 2.24) is 9.97 Å². The Bertz CT molecular complexity index is 492. The Labute approximate surface area is 98.4 Å². The fraction of sp³-hybridized carbons (Fsp3) is 0.333. The van der Waals surface area contributed by atoms with Crippen LogP contribution in [0.1, 0.15) is 29.5 Å². The number of thiazole rings is 1. The average Bonchev–Trinajstić information content (AvgIpc) is 2.76. The molecule has 2 heterocycles. The van der Waals surface area contributed by atoms with Crippen molar-refractivity contribution < 1.29 is 0 Å². The largest absolute Gasteiger partial charge is 0.323 e. The van der Waals surface area contributed by atoms with Gasteiger partial charge in [0.25, 0.3) is 0 Å². The maximum atomic E-state index is 6.07. The van der Waals surface area contributed by atoms with Crippen LogP contribution in [0.2, 0.25) is 0 Å². The number of nitrogens with two attached hydrogens (primary N) is 1. The fourth-order valence-electron chi connectivity index (χ4n) is 2.07. The molecule has 1 aliphatic rings. The summed E-state index contributed by atoms with van der Waals surface area (Å²) in [6.07, 6.45) is 6.98. The lowest BCUT2D eigenvalue weighted by Crippen LogP contribution is -2.16. The molecule has 1 aliphatic carbocycles. The summed E-state index contributed by atoms with van der Waals surface area (Å²) in [5.41, 5.74) is 8.32. The lowest BCUT2D eigenvalue weighted by molar-refractivity contribution is 0.564. The van der Waals surface area contributed by atoms with E-state index in [9.17, 15) is 0 Å².